The molecule has 13 heavy (non-hydrogen) atoms. The molecular weight excluding hydrogens is 164 g/mol. The van der Waals surface area contributed by atoms with Gasteiger partial charge in [0.15, 0.2) is 0 Å². The molecule has 0 radical (unpaired) electrons. The van der Waals surface area contributed by atoms with Crippen molar-refractivity contribution in [3.63, 3.8) is 0 Å². The summed E-state index contributed by atoms with van der Waals surface area (Å²) in [6, 6.07) is 1.91. The average Bonchev–Trinajstić information content (AvgIpc) is 2.61. The highest BCUT2D eigenvalue weighted by Crippen LogP contribution is 2.25. The van der Waals surface area contributed by atoms with Crippen molar-refractivity contribution in [3.05, 3.63) is 29.7 Å². The summed E-state index contributed by atoms with van der Waals surface area (Å²) in [6.07, 6.45) is 9.42. The van der Waals surface area contributed by atoms with Crippen LogP contribution >= 0.6 is 0 Å². The summed E-state index contributed by atoms with van der Waals surface area (Å²) in [7, 11) is 0. The summed E-state index contributed by atoms with van der Waals surface area (Å²) in [4.78, 5) is 0. The SMILES string of the molecule is OC1CCCC/C1=C\c1ccoc1. The van der Waals surface area contributed by atoms with Gasteiger partial charge < -0.3 is 9.52 Å². The second kappa shape index (κ2) is 3.79. The van der Waals surface area contributed by atoms with Crippen LogP contribution in [0, 0.1) is 0 Å². The second-order valence-electron chi connectivity index (χ2n) is 3.54. The van der Waals surface area contributed by atoms with Gasteiger partial charge in [0.1, 0.15) is 0 Å². The van der Waals surface area contributed by atoms with Gasteiger partial charge in [0, 0.05) is 5.56 Å². The normalized spacial score (nSPS) is 26.5. The van der Waals surface area contributed by atoms with E-state index < -0.39 is 0 Å². The molecule has 0 amide bonds. The van der Waals surface area contributed by atoms with E-state index in [2.05, 4.69) is 0 Å². The minimum Gasteiger partial charge on any atom is -0.472 e. The van der Waals surface area contributed by atoms with E-state index in [0.717, 1.165) is 30.4 Å². The Morgan fingerprint density at radius 1 is 1.46 bits per heavy atom. The lowest BCUT2D eigenvalue weighted by Crippen LogP contribution is -2.14. The van der Waals surface area contributed by atoms with Crippen LogP contribution in [-0.4, -0.2) is 11.2 Å². The van der Waals surface area contributed by atoms with Crippen LogP contribution in [0.15, 0.2) is 28.6 Å². The number of furan rings is 1. The van der Waals surface area contributed by atoms with Crippen molar-refractivity contribution in [2.24, 2.45) is 0 Å². The van der Waals surface area contributed by atoms with Crippen LogP contribution in [-0.2, 0) is 0 Å². The topological polar surface area (TPSA) is 33.4 Å². The molecule has 2 heteroatoms. The van der Waals surface area contributed by atoms with Crippen molar-refractivity contribution in [1.82, 2.24) is 0 Å². The molecule has 0 aromatic carbocycles. The first-order chi connectivity index (χ1) is 6.36. The van der Waals surface area contributed by atoms with Gasteiger partial charge in [-0.2, -0.15) is 0 Å². The third kappa shape index (κ3) is 2.01. The number of hydrogen-bond donors (Lipinski definition) is 1. The van der Waals surface area contributed by atoms with Gasteiger partial charge in [-0.25, -0.2) is 0 Å². The maximum Gasteiger partial charge on any atom is 0.0974 e. The Morgan fingerprint density at radius 3 is 3.08 bits per heavy atom. The van der Waals surface area contributed by atoms with Crippen LogP contribution in [0.2, 0.25) is 0 Å². The molecule has 1 unspecified atom stereocenters. The standard InChI is InChI=1S/C11H14O2/c12-11-4-2-1-3-10(11)7-9-5-6-13-8-9/h5-8,11-12H,1-4H2/b10-7+. The number of rotatable bonds is 1. The number of aliphatic hydroxyl groups excluding tert-OH is 1. The van der Waals surface area contributed by atoms with Gasteiger partial charge in [-0.3, -0.25) is 0 Å². The maximum atomic E-state index is 9.67. The molecule has 0 spiro atoms. The van der Waals surface area contributed by atoms with Gasteiger partial charge in [0.05, 0.1) is 18.6 Å². The molecule has 70 valence electrons. The molecule has 2 rings (SSSR count). The second-order valence-corrected chi connectivity index (χ2v) is 3.54. The van der Waals surface area contributed by atoms with Gasteiger partial charge in [-0.1, -0.05) is 6.42 Å². The van der Waals surface area contributed by atoms with Gasteiger partial charge in [-0.15, -0.1) is 0 Å². The summed E-state index contributed by atoms with van der Waals surface area (Å²) in [5.41, 5.74) is 2.20. The predicted molar refractivity (Wildman–Crippen MR) is 51.2 cm³/mol. The van der Waals surface area contributed by atoms with Gasteiger partial charge >= 0.3 is 0 Å². The highest BCUT2D eigenvalue weighted by atomic mass is 16.3. The minimum absolute atomic E-state index is 0.233. The van der Waals surface area contributed by atoms with Gasteiger partial charge in [0.2, 0.25) is 0 Å². The van der Waals surface area contributed by atoms with Crippen molar-refractivity contribution in [3.8, 4) is 0 Å². The molecule has 1 aromatic rings. The monoisotopic (exact) mass is 178 g/mol. The highest BCUT2D eigenvalue weighted by Gasteiger charge is 2.15. The highest BCUT2D eigenvalue weighted by molar-refractivity contribution is 5.52. The molecule has 1 aliphatic rings. The molecule has 1 saturated carbocycles. The lowest BCUT2D eigenvalue weighted by molar-refractivity contribution is 0.180. The number of aliphatic hydroxyl groups is 1. The van der Waals surface area contributed by atoms with Crippen molar-refractivity contribution in [1.29, 1.82) is 0 Å². The Morgan fingerprint density at radius 2 is 2.38 bits per heavy atom. The van der Waals surface area contributed by atoms with E-state index in [0.29, 0.717) is 0 Å². The van der Waals surface area contributed by atoms with Crippen LogP contribution in [0.3, 0.4) is 0 Å². The molecule has 1 heterocycles. The van der Waals surface area contributed by atoms with Crippen LogP contribution in [0.5, 0.6) is 0 Å². The smallest absolute Gasteiger partial charge is 0.0974 e. The molecule has 0 saturated heterocycles. The Kier molecular flexibility index (Phi) is 2.50. The zero-order chi connectivity index (χ0) is 9.10. The third-order valence-corrected chi connectivity index (χ3v) is 2.52. The Bertz CT molecular complexity index is 285. The Hall–Kier alpha value is -1.02. The molecule has 1 N–H and O–H groups in total. The van der Waals surface area contributed by atoms with E-state index in [9.17, 15) is 5.11 Å². The molecule has 1 atom stereocenters. The van der Waals surface area contributed by atoms with E-state index in [1.807, 2.05) is 12.1 Å². The molecule has 0 aliphatic heterocycles. The largest absolute Gasteiger partial charge is 0.472 e. The summed E-state index contributed by atoms with van der Waals surface area (Å²) in [5.74, 6) is 0. The first kappa shape index (κ1) is 8.57. The van der Waals surface area contributed by atoms with Crippen LogP contribution < -0.4 is 0 Å². The molecule has 1 aliphatic carbocycles. The minimum atomic E-state index is -0.233. The number of hydrogen-bond acceptors (Lipinski definition) is 2. The summed E-state index contributed by atoms with van der Waals surface area (Å²) in [6.45, 7) is 0. The Labute approximate surface area is 77.9 Å². The quantitative estimate of drug-likeness (QED) is 0.717. The Balaban J connectivity index is 2.14. The zero-order valence-electron chi connectivity index (χ0n) is 7.57. The van der Waals surface area contributed by atoms with Crippen LogP contribution in [0.4, 0.5) is 0 Å². The average molecular weight is 178 g/mol. The van der Waals surface area contributed by atoms with Crippen molar-refractivity contribution in [2.75, 3.05) is 0 Å². The van der Waals surface area contributed by atoms with E-state index in [1.165, 1.54) is 6.42 Å². The van der Waals surface area contributed by atoms with Gasteiger partial charge in [-0.05, 0) is 37.0 Å². The molecule has 2 nitrogen and oxygen atoms in total. The first-order valence-electron chi connectivity index (χ1n) is 4.77. The molecule has 1 aromatic heterocycles. The molecule has 0 bridgehead atoms. The lowest BCUT2D eigenvalue weighted by Gasteiger charge is -2.20. The zero-order valence-corrected chi connectivity index (χ0v) is 7.57. The fourth-order valence-electron chi connectivity index (χ4n) is 1.76. The van der Waals surface area contributed by atoms with E-state index in [4.69, 9.17) is 4.42 Å². The van der Waals surface area contributed by atoms with Crippen molar-refractivity contribution in [2.45, 2.75) is 31.8 Å². The molecular formula is C11H14O2. The molecule has 1 fully saturated rings. The fourth-order valence-corrected chi connectivity index (χ4v) is 1.76. The summed E-state index contributed by atoms with van der Waals surface area (Å²) in [5, 5.41) is 9.67. The van der Waals surface area contributed by atoms with Crippen molar-refractivity contribution < 1.29 is 9.52 Å². The van der Waals surface area contributed by atoms with E-state index >= 15 is 0 Å². The maximum absolute atomic E-state index is 9.67. The predicted octanol–water partition coefficient (Wildman–Crippen LogP) is 2.60. The third-order valence-electron chi connectivity index (χ3n) is 2.52. The van der Waals surface area contributed by atoms with Crippen LogP contribution in [0.1, 0.15) is 31.2 Å². The lowest BCUT2D eigenvalue weighted by atomic mass is 9.91. The first-order valence-corrected chi connectivity index (χ1v) is 4.77. The van der Waals surface area contributed by atoms with E-state index in [-0.39, 0.29) is 6.10 Å². The van der Waals surface area contributed by atoms with Crippen molar-refractivity contribution >= 4 is 6.08 Å². The summed E-state index contributed by atoms with van der Waals surface area (Å²) >= 11 is 0. The van der Waals surface area contributed by atoms with Gasteiger partial charge in [0.25, 0.3) is 0 Å². The summed E-state index contributed by atoms with van der Waals surface area (Å²) < 4.78 is 4.97. The van der Waals surface area contributed by atoms with Crippen LogP contribution in [0.25, 0.3) is 6.08 Å². The van der Waals surface area contributed by atoms with E-state index in [1.54, 1.807) is 12.5 Å². The fraction of sp³-hybridized carbons (Fsp3) is 0.455.